The van der Waals surface area contributed by atoms with E-state index < -0.39 is 0 Å². The van der Waals surface area contributed by atoms with E-state index in [1.54, 1.807) is 0 Å². The molecule has 0 unspecified atom stereocenters. The minimum absolute atomic E-state index is 0.0145. The second-order valence-electron chi connectivity index (χ2n) is 8.72. The summed E-state index contributed by atoms with van der Waals surface area (Å²) in [7, 11) is 0. The van der Waals surface area contributed by atoms with Crippen LogP contribution in [0.1, 0.15) is 51.6 Å². The van der Waals surface area contributed by atoms with Gasteiger partial charge < -0.3 is 15.5 Å². The van der Waals surface area contributed by atoms with Crippen LogP contribution in [0.5, 0.6) is 0 Å². The normalized spacial score (nSPS) is 22.9. The molecule has 8 heteroatoms. The number of carbonyl (C=O) groups is 2. The Morgan fingerprint density at radius 2 is 2.11 bits per heavy atom. The number of aromatic amines is 1. The molecule has 1 aromatic heterocycles. The first kappa shape index (κ1) is 20.4. The van der Waals surface area contributed by atoms with Gasteiger partial charge in [0.15, 0.2) is 0 Å². The van der Waals surface area contributed by atoms with Gasteiger partial charge in [0.05, 0.1) is 12.1 Å². The van der Waals surface area contributed by atoms with E-state index in [0.29, 0.717) is 31.1 Å². The lowest BCUT2D eigenvalue weighted by molar-refractivity contribution is -0.142. The average Bonchev–Trinajstić information content (AvgIpc) is 2.62. The molecule has 1 atom stereocenters. The van der Waals surface area contributed by atoms with Crippen LogP contribution in [0.15, 0.2) is 10.9 Å². The number of carbonyl (C=O) groups excluding carboxylic acids is 2. The van der Waals surface area contributed by atoms with Crippen molar-refractivity contribution in [3.05, 3.63) is 22.1 Å². The fourth-order valence-electron chi connectivity index (χ4n) is 4.36. The third-order valence-electron chi connectivity index (χ3n) is 5.88. The first-order chi connectivity index (χ1) is 13.3. The van der Waals surface area contributed by atoms with Gasteiger partial charge in [0.2, 0.25) is 17.8 Å². The number of rotatable bonds is 5. The van der Waals surface area contributed by atoms with Crippen molar-refractivity contribution in [2.45, 2.75) is 52.4 Å². The van der Waals surface area contributed by atoms with Crippen LogP contribution in [0.2, 0.25) is 0 Å². The highest BCUT2D eigenvalue weighted by Gasteiger charge is 2.42. The summed E-state index contributed by atoms with van der Waals surface area (Å²) in [5.74, 6) is 0.779. The summed E-state index contributed by atoms with van der Waals surface area (Å²) in [6.45, 7) is 7.23. The zero-order valence-electron chi connectivity index (χ0n) is 16.9. The molecule has 2 fully saturated rings. The van der Waals surface area contributed by atoms with E-state index in [1.165, 1.54) is 6.07 Å². The van der Waals surface area contributed by atoms with Gasteiger partial charge in [-0.25, -0.2) is 4.98 Å². The van der Waals surface area contributed by atoms with Crippen molar-refractivity contribution in [3.63, 3.8) is 0 Å². The number of likely N-dealkylation sites (tertiary alicyclic amines) is 2. The predicted octanol–water partition coefficient (Wildman–Crippen LogP) is 1.17. The van der Waals surface area contributed by atoms with Gasteiger partial charge in [-0.15, -0.1) is 0 Å². The summed E-state index contributed by atoms with van der Waals surface area (Å²) >= 11 is 0. The molecule has 3 rings (SSSR count). The number of hydrogen-bond acceptors (Lipinski definition) is 5. The molecule has 0 aromatic carbocycles. The van der Waals surface area contributed by atoms with Gasteiger partial charge in [0.25, 0.3) is 5.56 Å². The molecule has 0 radical (unpaired) electrons. The van der Waals surface area contributed by atoms with E-state index in [-0.39, 0.29) is 35.2 Å². The highest BCUT2D eigenvalue weighted by Crippen LogP contribution is 2.39. The number of nitrogens with two attached hydrogens (primary N) is 1. The quantitative estimate of drug-likeness (QED) is 0.785. The number of nitrogens with zero attached hydrogens (tertiary/aromatic N) is 3. The summed E-state index contributed by atoms with van der Waals surface area (Å²) in [4.78, 5) is 47.0. The van der Waals surface area contributed by atoms with Crippen molar-refractivity contribution in [1.82, 2.24) is 19.8 Å². The van der Waals surface area contributed by atoms with E-state index in [4.69, 9.17) is 5.73 Å². The second-order valence-corrected chi connectivity index (χ2v) is 8.72. The van der Waals surface area contributed by atoms with Gasteiger partial charge in [-0.2, -0.15) is 0 Å². The first-order valence-electron chi connectivity index (χ1n) is 10.2. The van der Waals surface area contributed by atoms with Crippen molar-refractivity contribution >= 4 is 17.8 Å². The molecule has 2 aliphatic rings. The first-order valence-corrected chi connectivity index (χ1v) is 10.2. The number of aromatic nitrogens is 2. The molecular weight excluding hydrogens is 358 g/mol. The van der Waals surface area contributed by atoms with Crippen LogP contribution in [0.25, 0.3) is 0 Å². The fourth-order valence-corrected chi connectivity index (χ4v) is 4.36. The Balaban J connectivity index is 1.66. The molecule has 0 saturated carbocycles. The molecule has 3 N–H and O–H groups in total. The van der Waals surface area contributed by atoms with Crippen molar-refractivity contribution in [2.75, 3.05) is 31.9 Å². The van der Waals surface area contributed by atoms with E-state index in [9.17, 15) is 14.4 Å². The molecule has 2 aliphatic heterocycles. The van der Waals surface area contributed by atoms with Gasteiger partial charge in [-0.05, 0) is 31.6 Å². The topological polar surface area (TPSA) is 112 Å². The fraction of sp³-hybridized carbons (Fsp3) is 0.700. The number of nitrogen functional groups attached to an aromatic ring is 1. The minimum Gasteiger partial charge on any atom is -0.369 e. The zero-order valence-corrected chi connectivity index (χ0v) is 16.9. The number of piperidine rings is 2. The SMILES string of the molecule is CC(C)CCN1C[C@@]2(CCCN(C(=O)Cc3cc(=O)[nH]c(N)n3)C2)CCC1=O. The lowest BCUT2D eigenvalue weighted by atomic mass is 9.73. The van der Waals surface area contributed by atoms with Crippen LogP contribution in [-0.4, -0.2) is 57.8 Å². The van der Waals surface area contributed by atoms with Gasteiger partial charge >= 0.3 is 0 Å². The number of hydrogen-bond donors (Lipinski definition) is 2. The van der Waals surface area contributed by atoms with Crippen molar-refractivity contribution in [2.24, 2.45) is 11.3 Å². The molecule has 1 spiro atoms. The van der Waals surface area contributed by atoms with Crippen LogP contribution in [0.4, 0.5) is 5.95 Å². The number of anilines is 1. The summed E-state index contributed by atoms with van der Waals surface area (Å²) in [5, 5.41) is 0. The largest absolute Gasteiger partial charge is 0.369 e. The molecule has 8 nitrogen and oxygen atoms in total. The minimum atomic E-state index is -0.350. The zero-order chi connectivity index (χ0) is 20.3. The number of nitrogens with one attached hydrogen (secondary N) is 1. The predicted molar refractivity (Wildman–Crippen MR) is 106 cm³/mol. The Bertz CT molecular complexity index is 790. The monoisotopic (exact) mass is 389 g/mol. The molecule has 0 bridgehead atoms. The maximum Gasteiger partial charge on any atom is 0.252 e. The molecule has 2 amide bonds. The molecule has 0 aliphatic carbocycles. The van der Waals surface area contributed by atoms with Crippen LogP contribution in [0.3, 0.4) is 0 Å². The van der Waals surface area contributed by atoms with Crippen LogP contribution in [-0.2, 0) is 16.0 Å². The van der Waals surface area contributed by atoms with E-state index in [1.807, 2.05) is 9.80 Å². The Kier molecular flexibility index (Phi) is 6.05. The highest BCUT2D eigenvalue weighted by molar-refractivity contribution is 5.79. The van der Waals surface area contributed by atoms with Crippen molar-refractivity contribution < 1.29 is 9.59 Å². The lowest BCUT2D eigenvalue weighted by Crippen LogP contribution is -2.55. The van der Waals surface area contributed by atoms with Gasteiger partial charge in [0.1, 0.15) is 0 Å². The van der Waals surface area contributed by atoms with Crippen LogP contribution < -0.4 is 11.3 Å². The number of amides is 2. The molecule has 1 aromatic rings. The Morgan fingerprint density at radius 3 is 2.82 bits per heavy atom. The molecule has 28 heavy (non-hydrogen) atoms. The van der Waals surface area contributed by atoms with E-state index >= 15 is 0 Å². The summed E-state index contributed by atoms with van der Waals surface area (Å²) in [5.41, 5.74) is 5.60. The smallest absolute Gasteiger partial charge is 0.252 e. The maximum atomic E-state index is 12.8. The average molecular weight is 390 g/mol. The van der Waals surface area contributed by atoms with Crippen LogP contribution in [0, 0.1) is 11.3 Å². The van der Waals surface area contributed by atoms with Gasteiger partial charge in [0, 0.05) is 44.1 Å². The Hall–Kier alpha value is -2.38. The van der Waals surface area contributed by atoms with Gasteiger partial charge in [-0.3, -0.25) is 19.4 Å². The molecule has 2 saturated heterocycles. The Labute approximate surface area is 165 Å². The van der Waals surface area contributed by atoms with Gasteiger partial charge in [-0.1, -0.05) is 13.8 Å². The van der Waals surface area contributed by atoms with Crippen LogP contribution >= 0.6 is 0 Å². The summed E-state index contributed by atoms with van der Waals surface area (Å²) in [6.07, 6.45) is 4.44. The Morgan fingerprint density at radius 1 is 1.32 bits per heavy atom. The van der Waals surface area contributed by atoms with Crippen molar-refractivity contribution in [1.29, 1.82) is 0 Å². The second kappa shape index (κ2) is 8.32. The summed E-state index contributed by atoms with van der Waals surface area (Å²) < 4.78 is 0. The standard InChI is InChI=1S/C20H31N5O3/c1-14(2)5-9-25-13-20(7-4-17(25)27)6-3-8-24(12-20)18(28)11-15-10-16(26)23-19(21)22-15/h10,14H,3-9,11-13H2,1-2H3,(H3,21,22,23,26)/t20-/m0/s1. The maximum absolute atomic E-state index is 12.8. The molecule has 154 valence electrons. The van der Waals surface area contributed by atoms with E-state index in [0.717, 1.165) is 38.8 Å². The third-order valence-corrected chi connectivity index (χ3v) is 5.88. The highest BCUT2D eigenvalue weighted by atomic mass is 16.2. The van der Waals surface area contributed by atoms with E-state index in [2.05, 4.69) is 23.8 Å². The summed E-state index contributed by atoms with van der Waals surface area (Å²) in [6, 6.07) is 1.32. The lowest BCUT2D eigenvalue weighted by Gasteiger charge is -2.48. The number of H-pyrrole nitrogens is 1. The molecular formula is C20H31N5O3. The third kappa shape index (κ3) is 4.91. The van der Waals surface area contributed by atoms with Crippen molar-refractivity contribution in [3.8, 4) is 0 Å². The molecule has 3 heterocycles.